The molecule has 0 N–H and O–H groups in total. The second-order valence-electron chi connectivity index (χ2n) is 7.01. The van der Waals surface area contributed by atoms with Crippen molar-refractivity contribution in [2.24, 2.45) is 5.92 Å². The molecule has 0 radical (unpaired) electrons. The Kier molecular flexibility index (Phi) is 5.97. The number of hydrogen-bond acceptors (Lipinski definition) is 4. The molecule has 2 aromatic carbocycles. The monoisotopic (exact) mass is 387 g/mol. The van der Waals surface area contributed by atoms with Gasteiger partial charge in [0.25, 0.3) is 0 Å². The number of methoxy groups -OCH3 is 1. The van der Waals surface area contributed by atoms with E-state index in [4.69, 9.17) is 4.74 Å². The molecule has 5 nitrogen and oxygen atoms in total. The van der Waals surface area contributed by atoms with Crippen LogP contribution in [0.4, 0.5) is 0 Å². The molecular formula is C21H25NO4S. The summed E-state index contributed by atoms with van der Waals surface area (Å²) in [4.78, 5) is 12.0. The second kappa shape index (κ2) is 8.23. The predicted molar refractivity (Wildman–Crippen MR) is 104 cm³/mol. The highest BCUT2D eigenvalue weighted by molar-refractivity contribution is 7.89. The van der Waals surface area contributed by atoms with Gasteiger partial charge in [0.05, 0.1) is 17.6 Å². The number of esters is 1. The van der Waals surface area contributed by atoms with E-state index in [0.717, 1.165) is 19.3 Å². The molecule has 2 aromatic rings. The van der Waals surface area contributed by atoms with Crippen LogP contribution in [0.15, 0.2) is 53.4 Å². The maximum absolute atomic E-state index is 13.0. The first-order valence-electron chi connectivity index (χ1n) is 9.15. The minimum atomic E-state index is -3.61. The highest BCUT2D eigenvalue weighted by Gasteiger charge is 2.30. The fourth-order valence-electron chi connectivity index (χ4n) is 3.54. The largest absolute Gasteiger partial charge is 0.465 e. The van der Waals surface area contributed by atoms with E-state index >= 15 is 0 Å². The van der Waals surface area contributed by atoms with E-state index in [1.807, 2.05) is 18.2 Å². The van der Waals surface area contributed by atoms with Crippen molar-refractivity contribution in [2.45, 2.75) is 31.1 Å². The zero-order chi connectivity index (χ0) is 19.4. The van der Waals surface area contributed by atoms with Crippen LogP contribution in [-0.4, -0.2) is 38.9 Å². The molecule has 0 aliphatic carbocycles. The van der Waals surface area contributed by atoms with Crippen LogP contribution >= 0.6 is 0 Å². The van der Waals surface area contributed by atoms with Gasteiger partial charge in [-0.1, -0.05) is 36.4 Å². The number of piperidine rings is 1. The van der Waals surface area contributed by atoms with Gasteiger partial charge in [-0.3, -0.25) is 0 Å². The average molecular weight is 388 g/mol. The third-order valence-corrected chi connectivity index (χ3v) is 7.09. The number of carbonyl (C=O) groups is 1. The first kappa shape index (κ1) is 19.6. The molecule has 1 heterocycles. The van der Waals surface area contributed by atoms with Crippen LogP contribution < -0.4 is 0 Å². The topological polar surface area (TPSA) is 63.7 Å². The van der Waals surface area contributed by atoms with Crippen LogP contribution in [0.2, 0.25) is 0 Å². The molecule has 0 aromatic heterocycles. The first-order valence-corrected chi connectivity index (χ1v) is 10.6. The number of rotatable bonds is 5. The molecule has 1 aliphatic heterocycles. The minimum Gasteiger partial charge on any atom is -0.465 e. The molecule has 1 saturated heterocycles. The number of ether oxygens (including phenoxy) is 1. The lowest BCUT2D eigenvalue weighted by Crippen LogP contribution is -2.39. The van der Waals surface area contributed by atoms with Crippen molar-refractivity contribution in [3.05, 3.63) is 65.2 Å². The second-order valence-corrected chi connectivity index (χ2v) is 8.94. The number of hydrogen-bond donors (Lipinski definition) is 0. The van der Waals surface area contributed by atoms with Gasteiger partial charge >= 0.3 is 5.97 Å². The zero-order valence-corrected chi connectivity index (χ0v) is 16.5. The molecule has 0 amide bonds. The van der Waals surface area contributed by atoms with Crippen molar-refractivity contribution in [3.8, 4) is 0 Å². The Labute approximate surface area is 161 Å². The van der Waals surface area contributed by atoms with Crippen LogP contribution in [0.3, 0.4) is 0 Å². The Hall–Kier alpha value is -2.18. The summed E-state index contributed by atoms with van der Waals surface area (Å²) in [7, 11) is -2.32. The van der Waals surface area contributed by atoms with E-state index in [2.05, 4.69) is 12.1 Å². The highest BCUT2D eigenvalue weighted by Crippen LogP contribution is 2.27. The Morgan fingerprint density at radius 1 is 1.11 bits per heavy atom. The molecule has 0 saturated carbocycles. The van der Waals surface area contributed by atoms with Crippen LogP contribution in [0.5, 0.6) is 0 Å². The molecule has 6 heteroatoms. The van der Waals surface area contributed by atoms with Crippen LogP contribution in [0, 0.1) is 12.8 Å². The molecule has 27 heavy (non-hydrogen) atoms. The first-order chi connectivity index (χ1) is 12.9. The molecule has 0 bridgehead atoms. The van der Waals surface area contributed by atoms with Gasteiger partial charge in [0, 0.05) is 13.1 Å². The Balaban J connectivity index is 1.71. The number of carbonyl (C=O) groups excluding carboxylic acids is 1. The van der Waals surface area contributed by atoms with Gasteiger partial charge in [0.1, 0.15) is 0 Å². The standard InChI is InChI=1S/C21H25NO4S/c1-16-8-9-19(15-20(16)21(23)26-2)27(24,25)22-12-10-18(11-13-22)14-17-6-4-3-5-7-17/h3-9,15,18H,10-14H2,1-2H3. The highest BCUT2D eigenvalue weighted by atomic mass is 32.2. The van der Waals surface area contributed by atoms with Crippen molar-refractivity contribution >= 4 is 16.0 Å². The smallest absolute Gasteiger partial charge is 0.338 e. The van der Waals surface area contributed by atoms with Gasteiger partial charge in [-0.05, 0) is 55.4 Å². The molecule has 144 valence electrons. The maximum Gasteiger partial charge on any atom is 0.338 e. The Morgan fingerprint density at radius 2 is 1.78 bits per heavy atom. The summed E-state index contributed by atoms with van der Waals surface area (Å²) in [6, 6.07) is 14.9. The van der Waals surface area contributed by atoms with Gasteiger partial charge < -0.3 is 4.74 Å². The summed E-state index contributed by atoms with van der Waals surface area (Å²) >= 11 is 0. The number of nitrogens with zero attached hydrogens (tertiary/aromatic N) is 1. The Bertz CT molecular complexity index is 901. The van der Waals surface area contributed by atoms with Crippen molar-refractivity contribution in [1.29, 1.82) is 0 Å². The van der Waals surface area contributed by atoms with Crippen molar-refractivity contribution in [2.75, 3.05) is 20.2 Å². The lowest BCUT2D eigenvalue weighted by molar-refractivity contribution is 0.0599. The summed E-state index contributed by atoms with van der Waals surface area (Å²) in [6.45, 7) is 2.76. The maximum atomic E-state index is 13.0. The van der Waals surface area contributed by atoms with Crippen LogP contribution in [-0.2, 0) is 21.2 Å². The lowest BCUT2D eigenvalue weighted by atomic mass is 9.91. The summed E-state index contributed by atoms with van der Waals surface area (Å²) < 4.78 is 32.3. The summed E-state index contributed by atoms with van der Waals surface area (Å²) in [6.07, 6.45) is 2.65. The van der Waals surface area contributed by atoms with Crippen molar-refractivity contribution in [3.63, 3.8) is 0 Å². The normalized spacial score (nSPS) is 16.2. The lowest BCUT2D eigenvalue weighted by Gasteiger charge is -2.31. The van der Waals surface area contributed by atoms with Gasteiger partial charge in [0.15, 0.2) is 0 Å². The number of benzene rings is 2. The van der Waals surface area contributed by atoms with E-state index in [1.165, 1.54) is 23.0 Å². The molecule has 0 spiro atoms. The molecule has 0 unspecified atom stereocenters. The van der Waals surface area contributed by atoms with E-state index in [9.17, 15) is 13.2 Å². The van der Waals surface area contributed by atoms with Gasteiger partial charge in [-0.2, -0.15) is 4.31 Å². The number of sulfonamides is 1. The molecule has 3 rings (SSSR count). The van der Waals surface area contributed by atoms with E-state index in [1.54, 1.807) is 19.1 Å². The molecule has 1 aliphatic rings. The predicted octanol–water partition coefficient (Wildman–Crippen LogP) is 3.43. The van der Waals surface area contributed by atoms with E-state index in [-0.39, 0.29) is 10.5 Å². The molecule has 0 atom stereocenters. The van der Waals surface area contributed by atoms with Crippen LogP contribution in [0.25, 0.3) is 0 Å². The van der Waals surface area contributed by atoms with Gasteiger partial charge in [-0.15, -0.1) is 0 Å². The number of aryl methyl sites for hydroxylation is 1. The fraction of sp³-hybridized carbons (Fsp3) is 0.381. The van der Waals surface area contributed by atoms with E-state index in [0.29, 0.717) is 24.6 Å². The zero-order valence-electron chi connectivity index (χ0n) is 15.7. The summed E-state index contributed by atoms with van der Waals surface area (Å²) in [5.41, 5.74) is 2.28. The van der Waals surface area contributed by atoms with Gasteiger partial charge in [0.2, 0.25) is 10.0 Å². The fourth-order valence-corrected chi connectivity index (χ4v) is 5.04. The SMILES string of the molecule is COC(=O)c1cc(S(=O)(=O)N2CCC(Cc3ccccc3)CC2)ccc1C. The van der Waals surface area contributed by atoms with E-state index < -0.39 is 16.0 Å². The minimum absolute atomic E-state index is 0.148. The third-order valence-electron chi connectivity index (χ3n) is 5.19. The average Bonchev–Trinajstić information content (AvgIpc) is 2.69. The quantitative estimate of drug-likeness (QED) is 0.738. The van der Waals surface area contributed by atoms with Crippen LogP contribution in [0.1, 0.15) is 34.3 Å². The summed E-state index contributed by atoms with van der Waals surface area (Å²) in [5.74, 6) is -0.0337. The molecule has 1 fully saturated rings. The van der Waals surface area contributed by atoms with Crippen molar-refractivity contribution < 1.29 is 17.9 Å². The Morgan fingerprint density at radius 3 is 2.41 bits per heavy atom. The van der Waals surface area contributed by atoms with Gasteiger partial charge in [-0.25, -0.2) is 13.2 Å². The van der Waals surface area contributed by atoms with Crippen molar-refractivity contribution in [1.82, 2.24) is 4.31 Å². The third kappa shape index (κ3) is 4.39. The molecular weight excluding hydrogens is 362 g/mol. The summed E-state index contributed by atoms with van der Waals surface area (Å²) in [5, 5.41) is 0.